The van der Waals surface area contributed by atoms with Gasteiger partial charge in [-0.3, -0.25) is 20.2 Å². The maximum absolute atomic E-state index is 12.9. The molecule has 3 N–H and O–H groups in total. The van der Waals surface area contributed by atoms with E-state index in [-0.39, 0.29) is 23.6 Å². The van der Waals surface area contributed by atoms with Crippen LogP contribution in [0.25, 0.3) is 0 Å². The molecule has 0 spiro atoms. The van der Waals surface area contributed by atoms with Crippen LogP contribution in [0.2, 0.25) is 0 Å². The molecule has 2 atom stereocenters. The molecular formula is C25H24N2O8S. The molecule has 0 radical (unpaired) electrons. The van der Waals surface area contributed by atoms with Gasteiger partial charge in [0.15, 0.2) is 6.10 Å². The van der Waals surface area contributed by atoms with Crippen molar-refractivity contribution < 1.29 is 38.5 Å². The van der Waals surface area contributed by atoms with E-state index in [1.165, 1.54) is 6.92 Å². The zero-order valence-corrected chi connectivity index (χ0v) is 20.1. The van der Waals surface area contributed by atoms with Gasteiger partial charge in [-0.2, -0.15) is 0 Å². The average Bonchev–Trinajstić information content (AvgIpc) is 2.89. The summed E-state index contributed by atoms with van der Waals surface area (Å²) < 4.78 is 16.1. The Labute approximate surface area is 211 Å². The van der Waals surface area contributed by atoms with Crippen molar-refractivity contribution in [3.05, 3.63) is 83.1 Å². The van der Waals surface area contributed by atoms with Gasteiger partial charge < -0.3 is 19.3 Å². The van der Waals surface area contributed by atoms with Gasteiger partial charge in [-0.25, -0.2) is 9.59 Å². The molecule has 10 nitrogen and oxygen atoms in total. The number of rotatable bonds is 9. The molecular weight excluding hydrogens is 488 g/mol. The van der Waals surface area contributed by atoms with Crippen molar-refractivity contribution >= 4 is 35.6 Å². The number of carboxylic acid groups (broad SMARTS) is 1. The summed E-state index contributed by atoms with van der Waals surface area (Å²) in [6.45, 7) is 0.327. The molecule has 1 amide bonds. The number of benzene rings is 2. The fourth-order valence-electron chi connectivity index (χ4n) is 3.98. The summed E-state index contributed by atoms with van der Waals surface area (Å²) in [5, 5.41) is 8.79. The van der Waals surface area contributed by atoms with Crippen molar-refractivity contribution in [1.82, 2.24) is 4.90 Å². The largest absolute Gasteiger partial charge is 0.477 e. The van der Waals surface area contributed by atoms with Gasteiger partial charge in [0, 0.05) is 18.2 Å². The minimum atomic E-state index is -1.91. The zero-order chi connectivity index (χ0) is 25.9. The Bertz CT molecular complexity index is 1160. The first-order chi connectivity index (χ1) is 17.2. The summed E-state index contributed by atoms with van der Waals surface area (Å²) in [5.74, 6) is -3.33. The van der Waals surface area contributed by atoms with E-state index >= 15 is 0 Å². The first-order valence-electron chi connectivity index (χ1n) is 11.0. The molecule has 2 aliphatic heterocycles. The van der Waals surface area contributed by atoms with Crippen molar-refractivity contribution in [2.75, 3.05) is 19.0 Å². The van der Waals surface area contributed by atoms with Gasteiger partial charge in [-0.05, 0) is 11.1 Å². The maximum Gasteiger partial charge on any atom is 0.352 e. The molecule has 2 aliphatic rings. The molecule has 2 aromatic rings. The highest BCUT2D eigenvalue weighted by molar-refractivity contribution is 8.00. The second-order valence-corrected chi connectivity index (χ2v) is 9.22. The Kier molecular flexibility index (Phi) is 7.43. The van der Waals surface area contributed by atoms with E-state index in [9.17, 15) is 24.3 Å². The molecule has 0 saturated carbocycles. The van der Waals surface area contributed by atoms with Crippen LogP contribution in [-0.4, -0.2) is 63.9 Å². The normalized spacial score (nSPS) is 21.0. The van der Waals surface area contributed by atoms with Gasteiger partial charge >= 0.3 is 17.9 Å². The number of aliphatic carboxylic acids is 1. The molecule has 0 aromatic heterocycles. The van der Waals surface area contributed by atoms with Crippen molar-refractivity contribution in [1.29, 1.82) is 0 Å². The number of ether oxygens (including phenoxy) is 3. The average molecular weight is 513 g/mol. The molecule has 1 unspecified atom stereocenters. The summed E-state index contributed by atoms with van der Waals surface area (Å²) in [4.78, 5) is 49.6. The van der Waals surface area contributed by atoms with Crippen LogP contribution in [0.5, 0.6) is 0 Å². The standard InChI is InChI=1S/C25H24N2O8S/c1-15(28)33-12-18-14-36-24-25(26,23(32)27(24)20(18)22(30)31)34-13-19(29)35-21(16-8-4-2-5-9-16)17-10-6-3-7-11-17/h2-11,21,24H,12-14,26H2,1H3,(H,30,31)/t24-,25?/m1/s1. The molecule has 188 valence electrons. The fraction of sp³-hybridized carbons (Fsp3) is 0.280. The minimum Gasteiger partial charge on any atom is -0.477 e. The predicted octanol–water partition coefficient (Wildman–Crippen LogP) is 1.81. The summed E-state index contributed by atoms with van der Waals surface area (Å²) in [6, 6.07) is 18.3. The zero-order valence-electron chi connectivity index (χ0n) is 19.3. The van der Waals surface area contributed by atoms with Crippen LogP contribution in [0.4, 0.5) is 0 Å². The van der Waals surface area contributed by atoms with E-state index in [0.29, 0.717) is 0 Å². The number of esters is 2. The van der Waals surface area contributed by atoms with E-state index in [2.05, 4.69) is 0 Å². The predicted molar refractivity (Wildman–Crippen MR) is 128 cm³/mol. The Hall–Kier alpha value is -3.67. The van der Waals surface area contributed by atoms with Crippen molar-refractivity contribution in [3.8, 4) is 0 Å². The number of carboxylic acids is 1. The summed E-state index contributed by atoms with van der Waals surface area (Å²) in [6.07, 6.45) is -0.694. The van der Waals surface area contributed by atoms with Crippen LogP contribution in [0.1, 0.15) is 24.2 Å². The fourth-order valence-corrected chi connectivity index (χ4v) is 5.32. The highest BCUT2D eigenvalue weighted by Gasteiger charge is 2.64. The number of nitrogens with zero attached hydrogens (tertiary/aromatic N) is 1. The second-order valence-electron chi connectivity index (χ2n) is 8.15. The molecule has 2 aromatic carbocycles. The van der Waals surface area contributed by atoms with Gasteiger partial charge in [-0.15, -0.1) is 11.8 Å². The molecule has 11 heteroatoms. The number of nitrogens with two attached hydrogens (primary N) is 1. The molecule has 0 bridgehead atoms. The second kappa shape index (κ2) is 10.5. The lowest BCUT2D eigenvalue weighted by atomic mass is 9.99. The minimum absolute atomic E-state index is 0.153. The van der Waals surface area contributed by atoms with E-state index < -0.39 is 47.6 Å². The van der Waals surface area contributed by atoms with E-state index in [0.717, 1.165) is 27.8 Å². The highest BCUT2D eigenvalue weighted by Crippen LogP contribution is 2.45. The van der Waals surface area contributed by atoms with Crippen LogP contribution in [0.15, 0.2) is 71.9 Å². The van der Waals surface area contributed by atoms with Crippen LogP contribution in [0.3, 0.4) is 0 Å². The van der Waals surface area contributed by atoms with Crippen LogP contribution < -0.4 is 5.73 Å². The Balaban J connectivity index is 1.45. The third-order valence-electron chi connectivity index (χ3n) is 5.68. The Morgan fingerprint density at radius 1 is 1.11 bits per heavy atom. The van der Waals surface area contributed by atoms with Crippen molar-refractivity contribution in [3.63, 3.8) is 0 Å². The van der Waals surface area contributed by atoms with E-state index in [4.69, 9.17) is 19.9 Å². The van der Waals surface area contributed by atoms with Gasteiger partial charge in [0.1, 0.15) is 24.3 Å². The quantitative estimate of drug-likeness (QED) is 0.290. The molecule has 1 saturated heterocycles. The van der Waals surface area contributed by atoms with Gasteiger partial charge in [0.2, 0.25) is 5.72 Å². The Morgan fingerprint density at radius 3 is 2.22 bits per heavy atom. The van der Waals surface area contributed by atoms with Crippen molar-refractivity contribution in [2.45, 2.75) is 24.1 Å². The molecule has 36 heavy (non-hydrogen) atoms. The molecule has 2 heterocycles. The third-order valence-corrected chi connectivity index (χ3v) is 7.07. The lowest BCUT2D eigenvalue weighted by molar-refractivity contribution is -0.194. The molecule has 4 rings (SSSR count). The molecule has 1 fully saturated rings. The van der Waals surface area contributed by atoms with Crippen LogP contribution in [-0.2, 0) is 33.4 Å². The lowest BCUT2D eigenvalue weighted by Gasteiger charge is -2.54. The number of fused-ring (bicyclic) bond motifs is 1. The number of β-lactam (4-membered cyclic amide) rings is 1. The summed E-state index contributed by atoms with van der Waals surface area (Å²) in [7, 11) is 0. The SMILES string of the molecule is CC(=O)OCC1=C(C(=O)O)N2C(=O)C(N)(OCC(=O)OC(c3ccccc3)c3ccccc3)[C@H]2SC1. The number of hydrogen-bond donors (Lipinski definition) is 2. The number of carbonyl (C=O) groups is 4. The number of carbonyl (C=O) groups excluding carboxylic acids is 3. The highest BCUT2D eigenvalue weighted by atomic mass is 32.2. The third kappa shape index (κ3) is 4.99. The smallest absolute Gasteiger partial charge is 0.352 e. The van der Waals surface area contributed by atoms with Crippen LogP contribution >= 0.6 is 11.8 Å². The maximum atomic E-state index is 12.9. The van der Waals surface area contributed by atoms with E-state index in [1.54, 1.807) is 0 Å². The number of amides is 1. The van der Waals surface area contributed by atoms with E-state index in [1.807, 2.05) is 60.7 Å². The Morgan fingerprint density at radius 2 is 1.69 bits per heavy atom. The first kappa shape index (κ1) is 25.4. The molecule has 0 aliphatic carbocycles. The summed E-state index contributed by atoms with van der Waals surface area (Å²) >= 11 is 1.15. The number of hydrogen-bond acceptors (Lipinski definition) is 9. The van der Waals surface area contributed by atoms with Crippen LogP contribution in [0, 0.1) is 0 Å². The van der Waals surface area contributed by atoms with Gasteiger partial charge in [-0.1, -0.05) is 60.7 Å². The van der Waals surface area contributed by atoms with Crippen molar-refractivity contribution in [2.24, 2.45) is 5.73 Å². The van der Waals surface area contributed by atoms with Gasteiger partial charge in [0.05, 0.1) is 0 Å². The lowest BCUT2D eigenvalue weighted by Crippen LogP contribution is -2.79. The topological polar surface area (TPSA) is 145 Å². The first-order valence-corrected chi connectivity index (χ1v) is 12.0. The summed E-state index contributed by atoms with van der Waals surface area (Å²) in [5.41, 5.74) is 5.75. The van der Waals surface area contributed by atoms with Gasteiger partial charge in [0.25, 0.3) is 5.91 Å². The number of thioether (sulfide) groups is 1. The monoisotopic (exact) mass is 512 g/mol.